The van der Waals surface area contributed by atoms with Crippen LogP contribution in [-0.2, 0) is 22.5 Å². The fourth-order valence-electron chi connectivity index (χ4n) is 4.27. The van der Waals surface area contributed by atoms with E-state index >= 15 is 0 Å². The van der Waals surface area contributed by atoms with E-state index < -0.39 is 11.5 Å². The Morgan fingerprint density at radius 3 is 2.44 bits per heavy atom. The Morgan fingerprint density at radius 2 is 1.74 bits per heavy atom. The van der Waals surface area contributed by atoms with Gasteiger partial charge in [0, 0.05) is 24.2 Å². The van der Waals surface area contributed by atoms with Gasteiger partial charge < -0.3 is 14.8 Å². The number of anilines is 1. The fraction of sp³-hybridized carbons (Fsp3) is 0.222. The third-order valence-corrected chi connectivity index (χ3v) is 6.11. The van der Waals surface area contributed by atoms with Crippen molar-refractivity contribution in [1.29, 1.82) is 0 Å². The SMILES string of the molecule is COC(=O)c1cccc(N2C(=O)c3ccccc3CC2(C)C(=O)NCc2ccc(OC)cc2)c1. The van der Waals surface area contributed by atoms with E-state index in [4.69, 9.17) is 9.47 Å². The van der Waals surface area contributed by atoms with Crippen LogP contribution in [0.2, 0.25) is 0 Å². The lowest BCUT2D eigenvalue weighted by molar-refractivity contribution is -0.126. The van der Waals surface area contributed by atoms with Crippen molar-refractivity contribution in [2.45, 2.75) is 25.4 Å². The highest BCUT2D eigenvalue weighted by Gasteiger charge is 2.47. The standard InChI is InChI=1S/C27H26N2O5/c1-27(26(32)28-17-18-11-13-22(33-2)14-12-18)16-20-7-4-5-10-23(20)24(30)29(27)21-9-6-8-19(15-21)25(31)34-3/h4-15H,16-17H2,1-3H3,(H,28,32). The number of rotatable bonds is 6. The first-order valence-electron chi connectivity index (χ1n) is 10.9. The monoisotopic (exact) mass is 458 g/mol. The van der Waals surface area contributed by atoms with Crippen LogP contribution in [0.25, 0.3) is 0 Å². The van der Waals surface area contributed by atoms with Crippen LogP contribution in [0, 0.1) is 0 Å². The van der Waals surface area contributed by atoms with E-state index in [0.717, 1.165) is 16.9 Å². The molecule has 1 atom stereocenters. The van der Waals surface area contributed by atoms with E-state index in [1.165, 1.54) is 12.0 Å². The van der Waals surface area contributed by atoms with Crippen molar-refractivity contribution in [3.05, 3.63) is 95.1 Å². The molecule has 1 aliphatic heterocycles. The summed E-state index contributed by atoms with van der Waals surface area (Å²) >= 11 is 0. The van der Waals surface area contributed by atoms with Crippen molar-refractivity contribution >= 4 is 23.5 Å². The Morgan fingerprint density at radius 1 is 1.00 bits per heavy atom. The van der Waals surface area contributed by atoms with E-state index in [-0.39, 0.29) is 11.8 Å². The zero-order valence-corrected chi connectivity index (χ0v) is 19.3. The molecule has 2 amide bonds. The molecule has 0 radical (unpaired) electrons. The van der Waals surface area contributed by atoms with E-state index in [0.29, 0.717) is 29.8 Å². The molecule has 3 aromatic rings. The molecule has 0 saturated carbocycles. The highest BCUT2D eigenvalue weighted by molar-refractivity contribution is 6.14. The van der Waals surface area contributed by atoms with E-state index in [2.05, 4.69) is 5.32 Å². The minimum absolute atomic E-state index is 0.296. The highest BCUT2D eigenvalue weighted by Crippen LogP contribution is 2.36. The van der Waals surface area contributed by atoms with Gasteiger partial charge in [-0.25, -0.2) is 4.79 Å². The number of nitrogens with one attached hydrogen (secondary N) is 1. The third-order valence-electron chi connectivity index (χ3n) is 6.11. The molecule has 7 nitrogen and oxygen atoms in total. The highest BCUT2D eigenvalue weighted by atomic mass is 16.5. The first-order chi connectivity index (χ1) is 16.4. The predicted octanol–water partition coefficient (Wildman–Crippen LogP) is 3.76. The van der Waals surface area contributed by atoms with Crippen LogP contribution >= 0.6 is 0 Å². The lowest BCUT2D eigenvalue weighted by atomic mass is 9.82. The number of esters is 1. The van der Waals surface area contributed by atoms with Gasteiger partial charge in [0.15, 0.2) is 0 Å². The summed E-state index contributed by atoms with van der Waals surface area (Å²) in [5, 5.41) is 2.98. The summed E-state index contributed by atoms with van der Waals surface area (Å²) in [5.74, 6) is -0.383. The second kappa shape index (κ2) is 9.39. The number of ether oxygens (including phenoxy) is 2. The zero-order valence-electron chi connectivity index (χ0n) is 19.3. The van der Waals surface area contributed by atoms with Crippen LogP contribution in [0.3, 0.4) is 0 Å². The lowest BCUT2D eigenvalue weighted by Crippen LogP contribution is -2.63. The topological polar surface area (TPSA) is 84.9 Å². The van der Waals surface area contributed by atoms with Gasteiger partial charge in [0.25, 0.3) is 5.91 Å². The summed E-state index contributed by atoms with van der Waals surface area (Å²) in [7, 11) is 2.90. The average molecular weight is 459 g/mol. The molecule has 34 heavy (non-hydrogen) atoms. The van der Waals surface area contributed by atoms with Crippen LogP contribution in [-0.4, -0.2) is 37.5 Å². The number of hydrogen-bond donors (Lipinski definition) is 1. The molecule has 0 aliphatic carbocycles. The predicted molar refractivity (Wildman–Crippen MR) is 128 cm³/mol. The van der Waals surface area contributed by atoms with Crippen LogP contribution in [0.1, 0.15) is 38.8 Å². The molecule has 1 N–H and O–H groups in total. The molecular formula is C27H26N2O5. The summed E-state index contributed by atoms with van der Waals surface area (Å²) in [6, 6.07) is 21.3. The van der Waals surface area contributed by atoms with Crippen molar-refractivity contribution in [3.8, 4) is 5.75 Å². The van der Waals surface area contributed by atoms with Gasteiger partial charge in [-0.3, -0.25) is 14.5 Å². The van der Waals surface area contributed by atoms with Gasteiger partial charge >= 0.3 is 5.97 Å². The molecule has 0 saturated heterocycles. The van der Waals surface area contributed by atoms with Crippen molar-refractivity contribution < 1.29 is 23.9 Å². The Kier molecular flexibility index (Phi) is 6.36. The van der Waals surface area contributed by atoms with Gasteiger partial charge in [-0.05, 0) is 54.4 Å². The Balaban J connectivity index is 1.70. The van der Waals surface area contributed by atoms with Gasteiger partial charge in [0.05, 0.1) is 19.8 Å². The Labute approximate surface area is 198 Å². The quantitative estimate of drug-likeness (QED) is 0.569. The van der Waals surface area contributed by atoms with Gasteiger partial charge in [0.1, 0.15) is 11.3 Å². The summed E-state index contributed by atoms with van der Waals surface area (Å²) in [4.78, 5) is 40.8. The maximum absolute atomic E-state index is 13.6. The minimum Gasteiger partial charge on any atom is -0.497 e. The van der Waals surface area contributed by atoms with Crippen LogP contribution in [0.5, 0.6) is 5.75 Å². The molecule has 7 heteroatoms. The van der Waals surface area contributed by atoms with Gasteiger partial charge in [-0.15, -0.1) is 0 Å². The molecule has 1 unspecified atom stereocenters. The summed E-state index contributed by atoms with van der Waals surface area (Å²) in [6.45, 7) is 2.04. The molecule has 0 aromatic heterocycles. The number of hydrogen-bond acceptors (Lipinski definition) is 5. The third kappa shape index (κ3) is 4.24. The number of carbonyl (C=O) groups excluding carboxylic acids is 3. The van der Waals surface area contributed by atoms with Crippen LogP contribution in [0.4, 0.5) is 5.69 Å². The Hall–Kier alpha value is -4.13. The zero-order chi connectivity index (χ0) is 24.3. The maximum atomic E-state index is 13.6. The van der Waals surface area contributed by atoms with Crippen molar-refractivity contribution in [2.24, 2.45) is 0 Å². The maximum Gasteiger partial charge on any atom is 0.337 e. The number of nitrogens with zero attached hydrogens (tertiary/aromatic N) is 1. The van der Waals surface area contributed by atoms with Crippen LogP contribution in [0.15, 0.2) is 72.8 Å². The fourth-order valence-corrected chi connectivity index (χ4v) is 4.27. The van der Waals surface area contributed by atoms with Crippen molar-refractivity contribution in [1.82, 2.24) is 5.32 Å². The second-order valence-electron chi connectivity index (χ2n) is 8.32. The first kappa shape index (κ1) is 23.0. The number of fused-ring (bicyclic) bond motifs is 1. The normalized spacial score (nSPS) is 17.0. The number of carbonyl (C=O) groups is 3. The average Bonchev–Trinajstić information content (AvgIpc) is 2.87. The first-order valence-corrected chi connectivity index (χ1v) is 10.9. The van der Waals surface area contributed by atoms with E-state index in [9.17, 15) is 14.4 Å². The van der Waals surface area contributed by atoms with Gasteiger partial charge in [0.2, 0.25) is 5.91 Å². The second-order valence-corrected chi connectivity index (χ2v) is 8.32. The molecule has 1 heterocycles. The number of benzene rings is 3. The molecule has 0 spiro atoms. The molecule has 1 aliphatic rings. The molecule has 4 rings (SSSR count). The molecule has 0 bridgehead atoms. The molecule has 3 aromatic carbocycles. The Bertz CT molecular complexity index is 1240. The molecular weight excluding hydrogens is 432 g/mol. The summed E-state index contributed by atoms with van der Waals surface area (Å²) in [6.07, 6.45) is 0.325. The van der Waals surface area contributed by atoms with Gasteiger partial charge in [-0.2, -0.15) is 0 Å². The van der Waals surface area contributed by atoms with E-state index in [1.54, 1.807) is 50.4 Å². The molecule has 0 fully saturated rings. The smallest absolute Gasteiger partial charge is 0.337 e. The van der Waals surface area contributed by atoms with E-state index in [1.807, 2.05) is 36.4 Å². The molecule has 174 valence electrons. The number of amides is 2. The summed E-state index contributed by atoms with van der Waals surface area (Å²) < 4.78 is 10.0. The summed E-state index contributed by atoms with van der Waals surface area (Å²) in [5.41, 5.74) is 1.77. The minimum atomic E-state index is -1.22. The number of methoxy groups -OCH3 is 2. The van der Waals surface area contributed by atoms with Crippen LogP contribution < -0.4 is 15.0 Å². The van der Waals surface area contributed by atoms with Gasteiger partial charge in [-0.1, -0.05) is 36.4 Å². The lowest BCUT2D eigenvalue weighted by Gasteiger charge is -2.44. The largest absolute Gasteiger partial charge is 0.497 e. The van der Waals surface area contributed by atoms with Crippen molar-refractivity contribution in [2.75, 3.05) is 19.1 Å². The van der Waals surface area contributed by atoms with Crippen molar-refractivity contribution in [3.63, 3.8) is 0 Å².